The Balaban J connectivity index is 1.66. The number of amides is 2. The molecule has 1 aliphatic rings. The summed E-state index contributed by atoms with van der Waals surface area (Å²) in [7, 11) is 3.47. The van der Waals surface area contributed by atoms with Crippen LogP contribution in [0.4, 0.5) is 4.79 Å². The number of methoxy groups -OCH3 is 1. The molecule has 2 amide bonds. The summed E-state index contributed by atoms with van der Waals surface area (Å²) < 4.78 is 5.21. The van der Waals surface area contributed by atoms with Gasteiger partial charge >= 0.3 is 6.03 Å². The van der Waals surface area contributed by atoms with E-state index in [1.807, 2.05) is 18.2 Å². The van der Waals surface area contributed by atoms with Crippen LogP contribution in [0.1, 0.15) is 37.7 Å². The number of nitrogens with one attached hydrogen (secondary N) is 1. The molecule has 2 unspecified atom stereocenters. The standard InChI is InChI=1S/C19H30N2O3/c1-21(14-16-9-3-4-11-18(16)22)19(23)20-12-6-8-15-7-5-10-17(13-15)24-2/h5,7,10,13,16,18,22H,3-4,6,8-9,11-12,14H2,1-2H3,(H,20,23). The maximum Gasteiger partial charge on any atom is 0.317 e. The van der Waals surface area contributed by atoms with Crippen LogP contribution in [0.15, 0.2) is 24.3 Å². The van der Waals surface area contributed by atoms with E-state index in [-0.39, 0.29) is 18.1 Å². The Morgan fingerprint density at radius 2 is 2.17 bits per heavy atom. The fourth-order valence-corrected chi connectivity index (χ4v) is 3.29. The minimum absolute atomic E-state index is 0.0570. The summed E-state index contributed by atoms with van der Waals surface area (Å²) in [6.45, 7) is 1.27. The van der Waals surface area contributed by atoms with E-state index in [2.05, 4.69) is 11.4 Å². The second-order valence-electron chi connectivity index (χ2n) is 6.68. The Bertz CT molecular complexity index is 521. The van der Waals surface area contributed by atoms with E-state index in [1.165, 1.54) is 5.56 Å². The number of nitrogens with zero attached hydrogens (tertiary/aromatic N) is 1. The number of aryl methyl sites for hydroxylation is 1. The SMILES string of the molecule is COc1cccc(CCCNC(=O)N(C)CC2CCCCC2O)c1. The first kappa shape index (κ1) is 18.6. The van der Waals surface area contributed by atoms with Crippen LogP contribution < -0.4 is 10.1 Å². The Morgan fingerprint density at radius 3 is 2.92 bits per heavy atom. The molecule has 0 saturated heterocycles. The zero-order valence-corrected chi connectivity index (χ0v) is 14.8. The van der Waals surface area contributed by atoms with Crippen molar-refractivity contribution in [2.24, 2.45) is 5.92 Å². The van der Waals surface area contributed by atoms with Crippen LogP contribution in [0.2, 0.25) is 0 Å². The van der Waals surface area contributed by atoms with Gasteiger partial charge in [0.05, 0.1) is 13.2 Å². The highest BCUT2D eigenvalue weighted by Gasteiger charge is 2.25. The number of benzene rings is 1. The van der Waals surface area contributed by atoms with Crippen LogP contribution in [0.25, 0.3) is 0 Å². The summed E-state index contributed by atoms with van der Waals surface area (Å²) in [6.07, 6.45) is 5.65. The molecule has 0 heterocycles. The summed E-state index contributed by atoms with van der Waals surface area (Å²) in [4.78, 5) is 13.8. The lowest BCUT2D eigenvalue weighted by Crippen LogP contribution is -2.43. The lowest BCUT2D eigenvalue weighted by atomic mass is 9.86. The number of carbonyl (C=O) groups is 1. The Hall–Kier alpha value is -1.75. The topological polar surface area (TPSA) is 61.8 Å². The van der Waals surface area contributed by atoms with Crippen molar-refractivity contribution in [3.63, 3.8) is 0 Å². The van der Waals surface area contributed by atoms with E-state index in [9.17, 15) is 9.90 Å². The molecule has 2 atom stereocenters. The normalized spacial score (nSPS) is 20.5. The smallest absolute Gasteiger partial charge is 0.317 e. The summed E-state index contributed by atoms with van der Waals surface area (Å²) in [5.41, 5.74) is 1.21. The second kappa shape index (κ2) is 9.52. The molecule has 1 fully saturated rings. The highest BCUT2D eigenvalue weighted by Crippen LogP contribution is 2.24. The van der Waals surface area contributed by atoms with Gasteiger partial charge in [-0.1, -0.05) is 25.0 Å². The van der Waals surface area contributed by atoms with Crippen LogP contribution in [0.3, 0.4) is 0 Å². The van der Waals surface area contributed by atoms with Gasteiger partial charge in [-0.25, -0.2) is 4.79 Å². The van der Waals surface area contributed by atoms with Gasteiger partial charge in [0.15, 0.2) is 0 Å². The van der Waals surface area contributed by atoms with Gasteiger partial charge in [-0.05, 0) is 43.4 Å². The number of hydrogen-bond acceptors (Lipinski definition) is 3. The van der Waals surface area contributed by atoms with Crippen molar-refractivity contribution in [2.45, 2.75) is 44.6 Å². The lowest BCUT2D eigenvalue weighted by molar-refractivity contribution is 0.0565. The third kappa shape index (κ3) is 5.71. The summed E-state index contributed by atoms with van der Waals surface area (Å²) >= 11 is 0. The molecular formula is C19H30N2O3. The molecule has 0 bridgehead atoms. The van der Waals surface area contributed by atoms with E-state index in [0.717, 1.165) is 44.3 Å². The summed E-state index contributed by atoms with van der Waals surface area (Å²) in [5.74, 6) is 1.08. The first-order valence-corrected chi connectivity index (χ1v) is 8.90. The Morgan fingerprint density at radius 1 is 1.38 bits per heavy atom. The number of carbonyl (C=O) groups excluding carboxylic acids is 1. The van der Waals surface area contributed by atoms with Gasteiger partial charge in [0, 0.05) is 26.1 Å². The third-order valence-electron chi connectivity index (χ3n) is 4.78. The molecule has 0 radical (unpaired) electrons. The first-order chi connectivity index (χ1) is 11.6. The molecule has 134 valence electrons. The molecule has 1 aromatic carbocycles. The largest absolute Gasteiger partial charge is 0.497 e. The molecule has 0 aliphatic heterocycles. The average molecular weight is 334 g/mol. The highest BCUT2D eigenvalue weighted by atomic mass is 16.5. The Labute approximate surface area is 145 Å². The van der Waals surface area contributed by atoms with E-state index in [1.54, 1.807) is 19.1 Å². The average Bonchev–Trinajstić information content (AvgIpc) is 2.60. The molecule has 1 saturated carbocycles. The van der Waals surface area contributed by atoms with E-state index < -0.39 is 0 Å². The van der Waals surface area contributed by atoms with Crippen molar-refractivity contribution >= 4 is 6.03 Å². The molecular weight excluding hydrogens is 304 g/mol. The zero-order chi connectivity index (χ0) is 17.4. The molecule has 1 aliphatic carbocycles. The van der Waals surface area contributed by atoms with Crippen molar-refractivity contribution in [2.75, 3.05) is 27.2 Å². The van der Waals surface area contributed by atoms with Gasteiger partial charge < -0.3 is 20.1 Å². The van der Waals surface area contributed by atoms with Gasteiger partial charge in [-0.15, -0.1) is 0 Å². The lowest BCUT2D eigenvalue weighted by Gasteiger charge is -2.31. The van der Waals surface area contributed by atoms with E-state index in [0.29, 0.717) is 13.1 Å². The minimum atomic E-state index is -0.262. The molecule has 2 N–H and O–H groups in total. The zero-order valence-electron chi connectivity index (χ0n) is 14.8. The van der Waals surface area contributed by atoms with Gasteiger partial charge in [0.2, 0.25) is 0 Å². The third-order valence-corrected chi connectivity index (χ3v) is 4.78. The summed E-state index contributed by atoms with van der Waals surface area (Å²) in [5, 5.41) is 13.0. The van der Waals surface area contributed by atoms with Crippen LogP contribution in [-0.2, 0) is 6.42 Å². The number of aliphatic hydroxyl groups is 1. The second-order valence-corrected chi connectivity index (χ2v) is 6.68. The molecule has 0 aromatic heterocycles. The maximum atomic E-state index is 12.1. The minimum Gasteiger partial charge on any atom is -0.497 e. The van der Waals surface area contributed by atoms with Crippen LogP contribution in [-0.4, -0.2) is 49.4 Å². The number of urea groups is 1. The van der Waals surface area contributed by atoms with E-state index in [4.69, 9.17) is 4.74 Å². The number of ether oxygens (including phenoxy) is 1. The van der Waals surface area contributed by atoms with Gasteiger partial charge in [-0.3, -0.25) is 0 Å². The first-order valence-electron chi connectivity index (χ1n) is 8.90. The van der Waals surface area contributed by atoms with Crippen LogP contribution >= 0.6 is 0 Å². The fraction of sp³-hybridized carbons (Fsp3) is 0.632. The van der Waals surface area contributed by atoms with Gasteiger partial charge in [0.1, 0.15) is 5.75 Å². The monoisotopic (exact) mass is 334 g/mol. The quantitative estimate of drug-likeness (QED) is 0.754. The van der Waals surface area contributed by atoms with Crippen LogP contribution in [0, 0.1) is 5.92 Å². The molecule has 5 heteroatoms. The van der Waals surface area contributed by atoms with Crippen molar-refractivity contribution < 1.29 is 14.6 Å². The van der Waals surface area contributed by atoms with Gasteiger partial charge in [-0.2, -0.15) is 0 Å². The van der Waals surface area contributed by atoms with Crippen LogP contribution in [0.5, 0.6) is 5.75 Å². The molecule has 1 aromatic rings. The number of aliphatic hydroxyl groups excluding tert-OH is 1. The summed E-state index contributed by atoms with van der Waals surface area (Å²) in [6, 6.07) is 7.95. The number of rotatable bonds is 7. The van der Waals surface area contributed by atoms with E-state index >= 15 is 0 Å². The highest BCUT2D eigenvalue weighted by molar-refractivity contribution is 5.73. The molecule has 5 nitrogen and oxygen atoms in total. The van der Waals surface area contributed by atoms with Crippen molar-refractivity contribution in [1.82, 2.24) is 10.2 Å². The number of hydrogen-bond donors (Lipinski definition) is 2. The maximum absolute atomic E-state index is 12.1. The predicted octanol–water partition coefficient (Wildman–Crippen LogP) is 2.82. The predicted molar refractivity (Wildman–Crippen MR) is 95.3 cm³/mol. The Kier molecular flexibility index (Phi) is 7.37. The van der Waals surface area contributed by atoms with Gasteiger partial charge in [0.25, 0.3) is 0 Å². The van der Waals surface area contributed by atoms with Crippen molar-refractivity contribution in [3.8, 4) is 5.75 Å². The molecule has 0 spiro atoms. The van der Waals surface area contributed by atoms with Crippen molar-refractivity contribution in [1.29, 1.82) is 0 Å². The molecule has 24 heavy (non-hydrogen) atoms. The van der Waals surface area contributed by atoms with Crippen molar-refractivity contribution in [3.05, 3.63) is 29.8 Å². The fourth-order valence-electron chi connectivity index (χ4n) is 3.29. The molecule has 2 rings (SSSR count).